The van der Waals surface area contributed by atoms with Crippen LogP contribution in [0.3, 0.4) is 0 Å². The molecule has 0 radical (unpaired) electrons. The first-order chi connectivity index (χ1) is 7.27. The third-order valence-corrected chi connectivity index (χ3v) is 3.48. The molecular formula is C13H27NO. The highest BCUT2D eigenvalue weighted by Crippen LogP contribution is 2.19. The summed E-state index contributed by atoms with van der Waals surface area (Å²) in [5, 5.41) is 3.71. The normalized spacial score (nSPS) is 26.4. The van der Waals surface area contributed by atoms with E-state index in [0.29, 0.717) is 6.10 Å². The van der Waals surface area contributed by atoms with Gasteiger partial charge in [0, 0.05) is 19.2 Å². The van der Waals surface area contributed by atoms with Crippen LogP contribution in [-0.2, 0) is 4.74 Å². The van der Waals surface area contributed by atoms with Crippen molar-refractivity contribution in [1.82, 2.24) is 5.32 Å². The fourth-order valence-electron chi connectivity index (χ4n) is 2.41. The fraction of sp³-hybridized carbons (Fsp3) is 1.00. The molecule has 2 unspecified atom stereocenters. The van der Waals surface area contributed by atoms with Crippen LogP contribution in [0.2, 0.25) is 0 Å². The van der Waals surface area contributed by atoms with E-state index >= 15 is 0 Å². The molecule has 1 saturated heterocycles. The second-order valence-corrected chi connectivity index (χ2v) is 4.81. The Morgan fingerprint density at radius 1 is 1.27 bits per heavy atom. The number of hydrogen-bond acceptors (Lipinski definition) is 2. The Bertz CT molecular complexity index is 155. The molecule has 2 heteroatoms. The summed E-state index contributed by atoms with van der Waals surface area (Å²) in [6.45, 7) is 8.84. The molecule has 0 aromatic rings. The molecule has 0 aromatic heterocycles. The minimum atomic E-state index is 0.460. The minimum absolute atomic E-state index is 0.460. The zero-order valence-corrected chi connectivity index (χ0v) is 10.6. The van der Waals surface area contributed by atoms with E-state index in [9.17, 15) is 0 Å². The van der Waals surface area contributed by atoms with Crippen molar-refractivity contribution in [2.75, 3.05) is 13.2 Å². The van der Waals surface area contributed by atoms with Gasteiger partial charge in [-0.15, -0.1) is 0 Å². The van der Waals surface area contributed by atoms with E-state index in [-0.39, 0.29) is 0 Å². The van der Waals surface area contributed by atoms with Crippen LogP contribution in [0, 0.1) is 5.92 Å². The van der Waals surface area contributed by atoms with E-state index in [2.05, 4.69) is 26.1 Å². The lowest BCUT2D eigenvalue weighted by molar-refractivity contribution is 0.104. The third-order valence-electron chi connectivity index (χ3n) is 3.48. The van der Waals surface area contributed by atoms with Crippen molar-refractivity contribution in [3.05, 3.63) is 0 Å². The summed E-state index contributed by atoms with van der Waals surface area (Å²) in [7, 11) is 0. The van der Waals surface area contributed by atoms with Gasteiger partial charge in [0.05, 0.1) is 6.10 Å². The fourth-order valence-corrected chi connectivity index (χ4v) is 2.41. The molecule has 0 amide bonds. The van der Waals surface area contributed by atoms with E-state index in [0.717, 1.165) is 25.1 Å². The lowest BCUT2D eigenvalue weighted by atomic mass is 10.0. The molecular weight excluding hydrogens is 186 g/mol. The van der Waals surface area contributed by atoms with Crippen molar-refractivity contribution in [3.63, 3.8) is 0 Å². The Hall–Kier alpha value is -0.0800. The van der Waals surface area contributed by atoms with Crippen molar-refractivity contribution in [2.45, 2.75) is 65.0 Å². The summed E-state index contributed by atoms with van der Waals surface area (Å²) in [5.41, 5.74) is 0. The monoisotopic (exact) mass is 213 g/mol. The molecule has 0 saturated carbocycles. The average Bonchev–Trinajstić information content (AvgIpc) is 2.61. The number of rotatable bonds is 7. The van der Waals surface area contributed by atoms with E-state index in [1.54, 1.807) is 0 Å². The second-order valence-electron chi connectivity index (χ2n) is 4.81. The second kappa shape index (κ2) is 7.24. The number of nitrogens with one attached hydrogen (secondary N) is 1. The maximum atomic E-state index is 5.58. The Labute approximate surface area is 94.8 Å². The molecule has 2 nitrogen and oxygen atoms in total. The van der Waals surface area contributed by atoms with Crippen molar-refractivity contribution < 1.29 is 4.74 Å². The van der Waals surface area contributed by atoms with Gasteiger partial charge in [0.1, 0.15) is 0 Å². The highest BCUT2D eigenvalue weighted by molar-refractivity contribution is 4.77. The highest BCUT2D eigenvalue weighted by Gasteiger charge is 2.24. The molecule has 0 bridgehead atoms. The first kappa shape index (κ1) is 13.0. The summed E-state index contributed by atoms with van der Waals surface area (Å²) in [6, 6.07) is 0.729. The van der Waals surface area contributed by atoms with E-state index in [1.165, 1.54) is 32.1 Å². The molecule has 1 rings (SSSR count). The van der Waals surface area contributed by atoms with Crippen molar-refractivity contribution >= 4 is 0 Å². The van der Waals surface area contributed by atoms with Gasteiger partial charge in [-0.2, -0.15) is 0 Å². The number of ether oxygens (including phenoxy) is 1. The standard InChI is InChI=1S/C13H27NO/c1-4-6-13(7-5-2)14-10-12-8-9-15-11(12)3/h11-14H,4-10H2,1-3H3. The van der Waals surface area contributed by atoms with E-state index in [1.807, 2.05) is 0 Å². The lowest BCUT2D eigenvalue weighted by Crippen LogP contribution is -2.35. The van der Waals surface area contributed by atoms with Crippen molar-refractivity contribution in [2.24, 2.45) is 5.92 Å². The summed E-state index contributed by atoms with van der Waals surface area (Å²) < 4.78 is 5.58. The van der Waals surface area contributed by atoms with Gasteiger partial charge in [0.25, 0.3) is 0 Å². The largest absolute Gasteiger partial charge is 0.378 e. The van der Waals surface area contributed by atoms with Gasteiger partial charge in [0.2, 0.25) is 0 Å². The van der Waals surface area contributed by atoms with Gasteiger partial charge in [-0.05, 0) is 32.1 Å². The zero-order chi connectivity index (χ0) is 11.1. The molecule has 1 heterocycles. The quantitative estimate of drug-likeness (QED) is 0.702. The molecule has 90 valence electrons. The van der Waals surface area contributed by atoms with Gasteiger partial charge in [-0.25, -0.2) is 0 Å². The lowest BCUT2D eigenvalue weighted by Gasteiger charge is -2.21. The topological polar surface area (TPSA) is 21.3 Å². The molecule has 1 N–H and O–H groups in total. The third kappa shape index (κ3) is 4.52. The maximum absolute atomic E-state index is 5.58. The van der Waals surface area contributed by atoms with Gasteiger partial charge in [0.15, 0.2) is 0 Å². The molecule has 1 fully saturated rings. The van der Waals surface area contributed by atoms with Gasteiger partial charge in [-0.3, -0.25) is 0 Å². The number of hydrogen-bond donors (Lipinski definition) is 1. The highest BCUT2D eigenvalue weighted by atomic mass is 16.5. The van der Waals surface area contributed by atoms with Crippen LogP contribution in [0.4, 0.5) is 0 Å². The van der Waals surface area contributed by atoms with Crippen LogP contribution in [0.25, 0.3) is 0 Å². The van der Waals surface area contributed by atoms with Crippen LogP contribution in [0.1, 0.15) is 52.9 Å². The Morgan fingerprint density at radius 2 is 1.93 bits per heavy atom. The first-order valence-electron chi connectivity index (χ1n) is 6.62. The molecule has 1 aliphatic heterocycles. The van der Waals surface area contributed by atoms with Crippen LogP contribution in [0.5, 0.6) is 0 Å². The zero-order valence-electron chi connectivity index (χ0n) is 10.6. The van der Waals surface area contributed by atoms with Crippen LogP contribution < -0.4 is 5.32 Å². The smallest absolute Gasteiger partial charge is 0.0588 e. The van der Waals surface area contributed by atoms with Crippen LogP contribution in [0.15, 0.2) is 0 Å². The Kier molecular flexibility index (Phi) is 6.26. The van der Waals surface area contributed by atoms with Crippen molar-refractivity contribution in [1.29, 1.82) is 0 Å². The molecule has 15 heavy (non-hydrogen) atoms. The Morgan fingerprint density at radius 3 is 2.40 bits per heavy atom. The van der Waals surface area contributed by atoms with E-state index < -0.39 is 0 Å². The molecule has 0 spiro atoms. The van der Waals surface area contributed by atoms with Crippen molar-refractivity contribution in [3.8, 4) is 0 Å². The summed E-state index contributed by atoms with van der Waals surface area (Å²) in [6.07, 6.45) is 6.90. The predicted molar refractivity (Wildman–Crippen MR) is 65.1 cm³/mol. The molecule has 0 aromatic carbocycles. The predicted octanol–water partition coefficient (Wildman–Crippen LogP) is 2.97. The van der Waals surface area contributed by atoms with Crippen LogP contribution >= 0.6 is 0 Å². The summed E-state index contributed by atoms with van der Waals surface area (Å²) in [4.78, 5) is 0. The molecule has 1 aliphatic rings. The first-order valence-corrected chi connectivity index (χ1v) is 6.62. The minimum Gasteiger partial charge on any atom is -0.378 e. The Balaban J connectivity index is 2.19. The van der Waals surface area contributed by atoms with Gasteiger partial charge >= 0.3 is 0 Å². The summed E-state index contributed by atoms with van der Waals surface area (Å²) >= 11 is 0. The van der Waals surface area contributed by atoms with Crippen LogP contribution in [-0.4, -0.2) is 25.3 Å². The molecule has 0 aliphatic carbocycles. The van der Waals surface area contributed by atoms with Gasteiger partial charge < -0.3 is 10.1 Å². The summed E-state index contributed by atoms with van der Waals surface area (Å²) in [5.74, 6) is 0.737. The van der Waals surface area contributed by atoms with Gasteiger partial charge in [-0.1, -0.05) is 26.7 Å². The average molecular weight is 213 g/mol. The van der Waals surface area contributed by atoms with E-state index in [4.69, 9.17) is 4.74 Å². The SMILES string of the molecule is CCCC(CCC)NCC1CCOC1C. The maximum Gasteiger partial charge on any atom is 0.0588 e. The molecule has 2 atom stereocenters.